The first kappa shape index (κ1) is 21.2. The zero-order valence-electron chi connectivity index (χ0n) is 15.7. The van der Waals surface area contributed by atoms with Gasteiger partial charge in [-0.3, -0.25) is 14.5 Å². The third-order valence-electron chi connectivity index (χ3n) is 4.35. The van der Waals surface area contributed by atoms with E-state index in [9.17, 15) is 14.4 Å². The van der Waals surface area contributed by atoms with Crippen LogP contribution in [0, 0.1) is 0 Å². The highest BCUT2D eigenvalue weighted by Gasteiger charge is 2.33. The van der Waals surface area contributed by atoms with E-state index >= 15 is 0 Å². The fraction of sp³-hybridized carbons (Fsp3) is 0.526. The predicted molar refractivity (Wildman–Crippen MR) is 104 cm³/mol. The minimum atomic E-state index is -0.531. The molecule has 1 heterocycles. The Morgan fingerprint density at radius 3 is 2.70 bits per heavy atom. The van der Waals surface area contributed by atoms with Gasteiger partial charge in [0.05, 0.1) is 30.4 Å². The zero-order chi connectivity index (χ0) is 19.8. The molecule has 0 radical (unpaired) electrons. The van der Waals surface area contributed by atoms with E-state index in [1.54, 1.807) is 48.0 Å². The number of benzene rings is 1. The Balaban J connectivity index is 1.88. The summed E-state index contributed by atoms with van der Waals surface area (Å²) in [5.74, 6) is -0.801. The van der Waals surface area contributed by atoms with Gasteiger partial charge in [-0.05, 0) is 45.4 Å². The molecule has 2 rings (SSSR count). The number of nitrogens with one attached hydrogen (secondary N) is 1. The Labute approximate surface area is 164 Å². The van der Waals surface area contributed by atoms with Gasteiger partial charge in [0.2, 0.25) is 11.8 Å². The first-order valence-electron chi connectivity index (χ1n) is 9.11. The molecule has 0 aromatic heterocycles. The first-order chi connectivity index (χ1) is 12.9. The van der Waals surface area contributed by atoms with Crippen LogP contribution < -0.4 is 5.32 Å². The quantitative estimate of drug-likeness (QED) is 0.716. The van der Waals surface area contributed by atoms with Crippen LogP contribution in [0.4, 0.5) is 5.69 Å². The highest BCUT2D eigenvalue weighted by molar-refractivity contribution is 6.33. The van der Waals surface area contributed by atoms with Gasteiger partial charge in [-0.2, -0.15) is 0 Å². The lowest BCUT2D eigenvalue weighted by Crippen LogP contribution is -2.51. The Morgan fingerprint density at radius 2 is 2.00 bits per heavy atom. The van der Waals surface area contributed by atoms with Gasteiger partial charge in [-0.25, -0.2) is 4.79 Å². The number of amides is 2. The molecule has 0 aliphatic carbocycles. The number of likely N-dealkylation sites (tertiary alicyclic amines) is 1. The second-order valence-electron chi connectivity index (χ2n) is 6.55. The SMILES string of the molecule is CCOC(=O)[C@@H]1CCCCN1C(=O)CN(C)CC(=O)Nc1ccccc1Cl. The molecule has 8 heteroatoms. The number of anilines is 1. The largest absolute Gasteiger partial charge is 0.464 e. The lowest BCUT2D eigenvalue weighted by Gasteiger charge is -2.35. The van der Waals surface area contributed by atoms with Gasteiger partial charge >= 0.3 is 5.97 Å². The van der Waals surface area contributed by atoms with E-state index in [4.69, 9.17) is 16.3 Å². The molecule has 1 aliphatic heterocycles. The summed E-state index contributed by atoms with van der Waals surface area (Å²) >= 11 is 6.03. The molecular weight excluding hydrogens is 370 g/mol. The molecule has 1 atom stereocenters. The van der Waals surface area contributed by atoms with Gasteiger partial charge in [-0.15, -0.1) is 0 Å². The van der Waals surface area contributed by atoms with Crippen LogP contribution in [0.15, 0.2) is 24.3 Å². The summed E-state index contributed by atoms with van der Waals surface area (Å²) in [5.41, 5.74) is 0.530. The third kappa shape index (κ3) is 6.22. The predicted octanol–water partition coefficient (Wildman–Crippen LogP) is 2.15. The molecule has 1 N–H and O–H groups in total. The van der Waals surface area contributed by atoms with Gasteiger partial charge < -0.3 is 15.0 Å². The highest BCUT2D eigenvalue weighted by atomic mass is 35.5. The van der Waals surface area contributed by atoms with E-state index in [2.05, 4.69) is 5.32 Å². The van der Waals surface area contributed by atoms with E-state index in [-0.39, 0.29) is 30.9 Å². The van der Waals surface area contributed by atoms with Crippen molar-refractivity contribution in [3.05, 3.63) is 29.3 Å². The molecule has 0 spiro atoms. The summed E-state index contributed by atoms with van der Waals surface area (Å²) in [6.07, 6.45) is 2.36. The van der Waals surface area contributed by atoms with E-state index in [1.807, 2.05) is 0 Å². The van der Waals surface area contributed by atoms with Crippen molar-refractivity contribution in [2.45, 2.75) is 32.2 Å². The fourth-order valence-electron chi connectivity index (χ4n) is 3.09. The standard InChI is InChI=1S/C19H26ClN3O4/c1-3-27-19(26)16-10-6-7-11-23(16)18(25)13-22(2)12-17(24)21-15-9-5-4-8-14(15)20/h4-5,8-9,16H,3,6-7,10-13H2,1-2H3,(H,21,24)/t16-/m0/s1. The highest BCUT2D eigenvalue weighted by Crippen LogP contribution is 2.20. The van der Waals surface area contributed by atoms with Crippen molar-refractivity contribution in [3.8, 4) is 0 Å². The van der Waals surface area contributed by atoms with Crippen LogP contribution in [0.2, 0.25) is 5.02 Å². The lowest BCUT2D eigenvalue weighted by molar-refractivity contribution is -0.157. The minimum Gasteiger partial charge on any atom is -0.464 e. The zero-order valence-corrected chi connectivity index (χ0v) is 16.5. The maximum Gasteiger partial charge on any atom is 0.328 e. The Bertz CT molecular complexity index is 683. The van der Waals surface area contributed by atoms with Crippen LogP contribution in [0.5, 0.6) is 0 Å². The third-order valence-corrected chi connectivity index (χ3v) is 4.68. The normalized spacial score (nSPS) is 16.9. The van der Waals surface area contributed by atoms with Crippen molar-refractivity contribution < 1.29 is 19.1 Å². The Morgan fingerprint density at radius 1 is 1.26 bits per heavy atom. The van der Waals surface area contributed by atoms with Crippen LogP contribution in [0.25, 0.3) is 0 Å². The van der Waals surface area contributed by atoms with Gasteiger partial charge in [0.15, 0.2) is 0 Å². The number of carbonyl (C=O) groups is 3. The van der Waals surface area contributed by atoms with E-state index in [1.165, 1.54) is 0 Å². The topological polar surface area (TPSA) is 79.0 Å². The second-order valence-corrected chi connectivity index (χ2v) is 6.96. The fourth-order valence-corrected chi connectivity index (χ4v) is 3.27. The molecule has 1 aliphatic rings. The summed E-state index contributed by atoms with van der Waals surface area (Å²) in [5, 5.41) is 3.18. The van der Waals surface area contributed by atoms with Crippen molar-refractivity contribution in [3.63, 3.8) is 0 Å². The van der Waals surface area contributed by atoms with Gasteiger partial charge in [-0.1, -0.05) is 23.7 Å². The number of para-hydroxylation sites is 1. The number of carbonyl (C=O) groups excluding carboxylic acids is 3. The van der Waals surface area contributed by atoms with E-state index in [0.717, 1.165) is 12.8 Å². The number of halogens is 1. The number of likely N-dealkylation sites (N-methyl/N-ethyl adjacent to an activating group) is 1. The number of esters is 1. The minimum absolute atomic E-state index is 0.0366. The molecule has 1 aromatic rings. The van der Waals surface area contributed by atoms with Crippen molar-refractivity contribution in [2.24, 2.45) is 0 Å². The molecule has 148 valence electrons. The molecule has 1 aromatic carbocycles. The summed E-state index contributed by atoms with van der Waals surface area (Å²) in [7, 11) is 1.69. The molecule has 1 fully saturated rings. The maximum atomic E-state index is 12.6. The monoisotopic (exact) mass is 395 g/mol. The molecule has 7 nitrogen and oxygen atoms in total. The average molecular weight is 396 g/mol. The molecule has 27 heavy (non-hydrogen) atoms. The van der Waals surface area contributed by atoms with Crippen LogP contribution in [-0.4, -0.2) is 66.9 Å². The number of nitrogens with zero attached hydrogens (tertiary/aromatic N) is 2. The van der Waals surface area contributed by atoms with Crippen molar-refractivity contribution in [1.82, 2.24) is 9.80 Å². The summed E-state index contributed by atoms with van der Waals surface area (Å²) in [4.78, 5) is 40.1. The van der Waals surface area contributed by atoms with Crippen molar-refractivity contribution >= 4 is 35.1 Å². The summed E-state index contributed by atoms with van der Waals surface area (Å²) in [6, 6.07) is 6.43. The van der Waals surface area contributed by atoms with Crippen molar-refractivity contribution in [2.75, 3.05) is 38.6 Å². The second kappa shape index (κ2) is 10.3. The van der Waals surface area contributed by atoms with Crippen LogP contribution in [0.3, 0.4) is 0 Å². The van der Waals surface area contributed by atoms with E-state index in [0.29, 0.717) is 30.3 Å². The molecule has 0 saturated carbocycles. The average Bonchev–Trinajstić information content (AvgIpc) is 2.63. The van der Waals surface area contributed by atoms with Gasteiger partial charge in [0, 0.05) is 6.54 Å². The van der Waals surface area contributed by atoms with Crippen LogP contribution in [-0.2, 0) is 19.1 Å². The van der Waals surface area contributed by atoms with Crippen LogP contribution in [0.1, 0.15) is 26.2 Å². The number of hydrogen-bond donors (Lipinski definition) is 1. The maximum absolute atomic E-state index is 12.6. The van der Waals surface area contributed by atoms with Gasteiger partial charge in [0.25, 0.3) is 0 Å². The van der Waals surface area contributed by atoms with E-state index < -0.39 is 6.04 Å². The Hall–Kier alpha value is -2.12. The number of hydrogen-bond acceptors (Lipinski definition) is 5. The van der Waals surface area contributed by atoms with Gasteiger partial charge in [0.1, 0.15) is 6.04 Å². The first-order valence-corrected chi connectivity index (χ1v) is 9.49. The molecule has 0 bridgehead atoms. The lowest BCUT2D eigenvalue weighted by atomic mass is 10.0. The summed E-state index contributed by atoms with van der Waals surface area (Å²) < 4.78 is 5.09. The number of ether oxygens (including phenoxy) is 1. The molecular formula is C19H26ClN3O4. The van der Waals surface area contributed by atoms with Crippen molar-refractivity contribution in [1.29, 1.82) is 0 Å². The molecule has 1 saturated heterocycles. The number of rotatable bonds is 7. The summed E-state index contributed by atoms with van der Waals surface area (Å²) in [6.45, 7) is 2.65. The Kier molecular flexibility index (Phi) is 8.06. The number of piperidine rings is 1. The smallest absolute Gasteiger partial charge is 0.328 e. The molecule has 0 unspecified atom stereocenters. The molecule has 2 amide bonds. The van der Waals surface area contributed by atoms with Crippen LogP contribution >= 0.6 is 11.6 Å².